The Morgan fingerprint density at radius 1 is 0.727 bits per heavy atom. The van der Waals surface area contributed by atoms with E-state index in [9.17, 15) is 14.4 Å². The molecule has 0 aliphatic heterocycles. The van der Waals surface area contributed by atoms with Crippen molar-refractivity contribution in [2.24, 2.45) is 0 Å². The van der Waals surface area contributed by atoms with Gasteiger partial charge in [-0.15, -0.1) is 0 Å². The van der Waals surface area contributed by atoms with Gasteiger partial charge >= 0.3 is 11.9 Å². The molecule has 0 N–H and O–H groups in total. The third-order valence-electron chi connectivity index (χ3n) is 5.17. The maximum atomic E-state index is 12.4. The number of Topliss-reactive ketones (excluding diaryl/α,β-unsaturated/α-hetero) is 1. The Labute approximate surface area is 196 Å². The number of ether oxygens (including phenoxy) is 3. The third kappa shape index (κ3) is 9.08. The predicted octanol–water partition coefficient (Wildman–Crippen LogP) is 6.17. The van der Waals surface area contributed by atoms with Gasteiger partial charge in [-0.1, -0.05) is 39.5 Å². The smallest absolute Gasteiger partial charge is 0.343 e. The molecule has 2 aromatic rings. The van der Waals surface area contributed by atoms with Crippen LogP contribution in [0.2, 0.25) is 0 Å². The van der Waals surface area contributed by atoms with Gasteiger partial charge in [0.15, 0.2) is 11.9 Å². The van der Waals surface area contributed by atoms with Crippen LogP contribution in [0.1, 0.15) is 86.4 Å². The lowest BCUT2D eigenvalue weighted by Crippen LogP contribution is -2.24. The number of esters is 2. The SMILES string of the molecule is CCCCCCOc1ccc(C(=O)Oc2ccc(C(=O)OC(C)C(=O)CCCC)cc2)cc1. The fourth-order valence-electron chi connectivity index (χ4n) is 3.08. The molecule has 0 bridgehead atoms. The quantitative estimate of drug-likeness (QED) is 0.193. The van der Waals surface area contributed by atoms with Crippen molar-refractivity contribution in [3.05, 3.63) is 59.7 Å². The number of hydrogen-bond donors (Lipinski definition) is 0. The molecule has 0 radical (unpaired) electrons. The van der Waals surface area contributed by atoms with E-state index >= 15 is 0 Å². The molecule has 0 aromatic heterocycles. The van der Waals surface area contributed by atoms with E-state index < -0.39 is 18.0 Å². The molecule has 6 heteroatoms. The van der Waals surface area contributed by atoms with Crippen LogP contribution in [-0.4, -0.2) is 30.4 Å². The number of rotatable bonds is 14. The number of ketones is 1. The van der Waals surface area contributed by atoms with Crippen molar-refractivity contribution in [1.29, 1.82) is 0 Å². The lowest BCUT2D eigenvalue weighted by atomic mass is 10.1. The summed E-state index contributed by atoms with van der Waals surface area (Å²) < 4.78 is 16.3. The molecule has 0 amide bonds. The van der Waals surface area contributed by atoms with Crippen LogP contribution in [0.25, 0.3) is 0 Å². The van der Waals surface area contributed by atoms with Crippen LogP contribution in [0.4, 0.5) is 0 Å². The predicted molar refractivity (Wildman–Crippen MR) is 127 cm³/mol. The van der Waals surface area contributed by atoms with Gasteiger partial charge in [0.25, 0.3) is 0 Å². The van der Waals surface area contributed by atoms with Gasteiger partial charge in [-0.05, 0) is 68.3 Å². The van der Waals surface area contributed by atoms with Crippen LogP contribution in [0.5, 0.6) is 11.5 Å². The summed E-state index contributed by atoms with van der Waals surface area (Å²) in [6, 6.07) is 12.9. The number of carbonyl (C=O) groups is 3. The number of hydrogen-bond acceptors (Lipinski definition) is 6. The van der Waals surface area contributed by atoms with Crippen molar-refractivity contribution in [2.45, 2.75) is 71.8 Å². The lowest BCUT2D eigenvalue weighted by molar-refractivity contribution is -0.127. The largest absolute Gasteiger partial charge is 0.494 e. The maximum absolute atomic E-state index is 12.4. The Bertz CT molecular complexity index is 886. The van der Waals surface area contributed by atoms with E-state index in [0.29, 0.717) is 30.1 Å². The van der Waals surface area contributed by atoms with Gasteiger partial charge in [-0.25, -0.2) is 9.59 Å². The number of unbranched alkanes of at least 4 members (excludes halogenated alkanes) is 4. The minimum atomic E-state index is -0.787. The van der Waals surface area contributed by atoms with Gasteiger partial charge in [0, 0.05) is 6.42 Å². The first-order valence-corrected chi connectivity index (χ1v) is 11.7. The first-order chi connectivity index (χ1) is 15.9. The molecule has 0 aliphatic carbocycles. The van der Waals surface area contributed by atoms with Crippen molar-refractivity contribution < 1.29 is 28.6 Å². The van der Waals surface area contributed by atoms with Gasteiger partial charge < -0.3 is 14.2 Å². The van der Waals surface area contributed by atoms with Crippen molar-refractivity contribution in [3.63, 3.8) is 0 Å². The molecule has 6 nitrogen and oxygen atoms in total. The molecule has 0 aliphatic rings. The highest BCUT2D eigenvalue weighted by Crippen LogP contribution is 2.18. The second-order valence-electron chi connectivity index (χ2n) is 7.96. The number of carbonyl (C=O) groups excluding carboxylic acids is 3. The highest BCUT2D eigenvalue weighted by atomic mass is 16.5. The summed E-state index contributed by atoms with van der Waals surface area (Å²) in [7, 11) is 0. The zero-order chi connectivity index (χ0) is 24.1. The topological polar surface area (TPSA) is 78.9 Å². The van der Waals surface area contributed by atoms with E-state index in [1.54, 1.807) is 31.2 Å². The molecule has 2 aromatic carbocycles. The Morgan fingerprint density at radius 2 is 1.30 bits per heavy atom. The van der Waals surface area contributed by atoms with Crippen LogP contribution >= 0.6 is 0 Å². The zero-order valence-electron chi connectivity index (χ0n) is 19.8. The van der Waals surface area contributed by atoms with Gasteiger partial charge in [-0.3, -0.25) is 4.79 Å². The second-order valence-corrected chi connectivity index (χ2v) is 7.96. The summed E-state index contributed by atoms with van der Waals surface area (Å²) in [5, 5.41) is 0. The number of benzene rings is 2. The Hall–Kier alpha value is -3.15. The highest BCUT2D eigenvalue weighted by molar-refractivity contribution is 5.93. The molecule has 0 heterocycles. The van der Waals surface area contributed by atoms with Crippen LogP contribution < -0.4 is 9.47 Å². The normalized spacial score (nSPS) is 11.5. The van der Waals surface area contributed by atoms with E-state index in [4.69, 9.17) is 14.2 Å². The Balaban J connectivity index is 1.84. The van der Waals surface area contributed by atoms with E-state index in [2.05, 4.69) is 6.92 Å². The summed E-state index contributed by atoms with van der Waals surface area (Å²) in [4.78, 5) is 36.6. The van der Waals surface area contributed by atoms with E-state index in [-0.39, 0.29) is 11.3 Å². The van der Waals surface area contributed by atoms with E-state index in [0.717, 1.165) is 25.7 Å². The van der Waals surface area contributed by atoms with Crippen LogP contribution in [-0.2, 0) is 9.53 Å². The van der Waals surface area contributed by atoms with Crippen molar-refractivity contribution >= 4 is 17.7 Å². The minimum Gasteiger partial charge on any atom is -0.494 e. The van der Waals surface area contributed by atoms with Crippen molar-refractivity contribution in [1.82, 2.24) is 0 Å². The molecule has 1 atom stereocenters. The molecular formula is C27H34O6. The first-order valence-electron chi connectivity index (χ1n) is 11.7. The van der Waals surface area contributed by atoms with Gasteiger partial charge in [0.2, 0.25) is 0 Å². The highest BCUT2D eigenvalue weighted by Gasteiger charge is 2.18. The average molecular weight is 455 g/mol. The summed E-state index contributed by atoms with van der Waals surface area (Å²) in [5.74, 6) is -0.165. The van der Waals surface area contributed by atoms with Crippen molar-refractivity contribution in [2.75, 3.05) is 6.61 Å². The minimum absolute atomic E-state index is 0.0938. The molecule has 0 spiro atoms. The molecule has 2 rings (SSSR count). The molecule has 33 heavy (non-hydrogen) atoms. The molecule has 0 saturated heterocycles. The monoisotopic (exact) mass is 454 g/mol. The Kier molecular flexibility index (Phi) is 11.1. The molecule has 0 fully saturated rings. The van der Waals surface area contributed by atoms with Crippen LogP contribution in [0.3, 0.4) is 0 Å². The van der Waals surface area contributed by atoms with E-state index in [1.165, 1.54) is 37.1 Å². The van der Waals surface area contributed by atoms with Crippen LogP contribution in [0.15, 0.2) is 48.5 Å². The summed E-state index contributed by atoms with van der Waals surface area (Å²) in [6.45, 7) is 6.40. The summed E-state index contributed by atoms with van der Waals surface area (Å²) >= 11 is 0. The Morgan fingerprint density at radius 3 is 1.91 bits per heavy atom. The fourth-order valence-corrected chi connectivity index (χ4v) is 3.08. The van der Waals surface area contributed by atoms with Gasteiger partial charge in [0.1, 0.15) is 11.5 Å². The van der Waals surface area contributed by atoms with Crippen molar-refractivity contribution in [3.8, 4) is 11.5 Å². The second kappa shape index (κ2) is 14.1. The lowest BCUT2D eigenvalue weighted by Gasteiger charge is -2.12. The summed E-state index contributed by atoms with van der Waals surface area (Å²) in [6.07, 6.45) is 5.83. The molecule has 0 saturated carbocycles. The summed E-state index contributed by atoms with van der Waals surface area (Å²) in [5.41, 5.74) is 0.682. The zero-order valence-corrected chi connectivity index (χ0v) is 19.8. The van der Waals surface area contributed by atoms with Gasteiger partial charge in [-0.2, -0.15) is 0 Å². The maximum Gasteiger partial charge on any atom is 0.343 e. The molecule has 1 unspecified atom stereocenters. The standard InChI is InChI=1S/C27H34O6/c1-4-6-8-9-19-31-23-15-11-22(12-16-23)27(30)33-24-17-13-21(14-18-24)26(29)32-20(3)25(28)10-7-5-2/h11-18,20H,4-10,19H2,1-3H3. The average Bonchev–Trinajstić information content (AvgIpc) is 2.83. The first kappa shape index (κ1) is 26.1. The van der Waals surface area contributed by atoms with Crippen LogP contribution in [0, 0.1) is 0 Å². The fraction of sp³-hybridized carbons (Fsp3) is 0.444. The van der Waals surface area contributed by atoms with Gasteiger partial charge in [0.05, 0.1) is 17.7 Å². The third-order valence-corrected chi connectivity index (χ3v) is 5.17. The van der Waals surface area contributed by atoms with E-state index in [1.807, 2.05) is 6.92 Å². The molecule has 178 valence electrons. The molecular weight excluding hydrogens is 420 g/mol.